The van der Waals surface area contributed by atoms with Gasteiger partial charge in [-0.15, -0.1) is 0 Å². The fourth-order valence-electron chi connectivity index (χ4n) is 1.95. The molecule has 0 spiro atoms. The van der Waals surface area contributed by atoms with E-state index in [2.05, 4.69) is 16.7 Å². The Morgan fingerprint density at radius 2 is 1.85 bits per heavy atom. The second kappa shape index (κ2) is 5.54. The van der Waals surface area contributed by atoms with Crippen LogP contribution in [0.25, 0.3) is 0 Å². The topological polar surface area (TPSA) is 58.5 Å². The molecule has 4 nitrogen and oxygen atoms in total. The van der Waals surface area contributed by atoms with Crippen LogP contribution in [-0.2, 0) is 0 Å². The second-order valence-electron chi connectivity index (χ2n) is 3.76. The third-order valence-electron chi connectivity index (χ3n) is 2.71. The fraction of sp³-hybridized carbons (Fsp3) is 1.00. The quantitative estimate of drug-likeness (QED) is 0.586. The summed E-state index contributed by atoms with van der Waals surface area (Å²) in [5, 5.41) is 0. The molecule has 0 aromatic heterocycles. The van der Waals surface area contributed by atoms with Gasteiger partial charge in [-0.05, 0) is 6.92 Å². The normalized spacial score (nSPS) is 26.5. The van der Waals surface area contributed by atoms with Gasteiger partial charge in [-0.1, -0.05) is 0 Å². The van der Waals surface area contributed by atoms with Crippen LogP contribution in [0.15, 0.2) is 0 Å². The van der Waals surface area contributed by atoms with Crippen LogP contribution in [0.3, 0.4) is 0 Å². The van der Waals surface area contributed by atoms with Crippen molar-refractivity contribution in [1.82, 2.24) is 9.80 Å². The van der Waals surface area contributed by atoms with Crippen LogP contribution in [-0.4, -0.2) is 61.7 Å². The molecule has 4 heteroatoms. The van der Waals surface area contributed by atoms with E-state index < -0.39 is 0 Å². The number of nitrogens with zero attached hydrogens (tertiary/aromatic N) is 2. The minimum atomic E-state index is 0.629. The second-order valence-corrected chi connectivity index (χ2v) is 3.76. The molecule has 1 aliphatic rings. The molecule has 0 aromatic rings. The summed E-state index contributed by atoms with van der Waals surface area (Å²) in [5.74, 6) is 0. The van der Waals surface area contributed by atoms with Gasteiger partial charge in [0.15, 0.2) is 0 Å². The molecular formula is C9H22N4. The van der Waals surface area contributed by atoms with Crippen molar-refractivity contribution >= 4 is 0 Å². The molecule has 0 saturated carbocycles. The first-order valence-electron chi connectivity index (χ1n) is 5.14. The maximum absolute atomic E-state index is 5.54. The lowest BCUT2D eigenvalue weighted by molar-refractivity contribution is 0.0882. The smallest absolute Gasteiger partial charge is 0.0195 e. The van der Waals surface area contributed by atoms with E-state index in [4.69, 9.17) is 11.5 Å². The molecule has 1 unspecified atom stereocenters. The highest BCUT2D eigenvalue weighted by Crippen LogP contribution is 2.07. The lowest BCUT2D eigenvalue weighted by Crippen LogP contribution is -2.53. The molecule has 13 heavy (non-hydrogen) atoms. The number of hydrogen-bond acceptors (Lipinski definition) is 4. The molecular weight excluding hydrogens is 164 g/mol. The van der Waals surface area contributed by atoms with E-state index in [1.807, 2.05) is 0 Å². The first-order chi connectivity index (χ1) is 6.27. The van der Waals surface area contributed by atoms with E-state index in [0.29, 0.717) is 6.04 Å². The van der Waals surface area contributed by atoms with Crippen molar-refractivity contribution in [3.63, 3.8) is 0 Å². The average Bonchev–Trinajstić information content (AvgIpc) is 2.10. The summed E-state index contributed by atoms with van der Waals surface area (Å²) in [6.07, 6.45) is 0. The van der Waals surface area contributed by atoms with E-state index in [1.165, 1.54) is 0 Å². The van der Waals surface area contributed by atoms with Crippen LogP contribution >= 0.6 is 0 Å². The molecule has 0 bridgehead atoms. The predicted octanol–water partition coefficient (Wildman–Crippen LogP) is -1.09. The Hall–Kier alpha value is -0.160. The van der Waals surface area contributed by atoms with Crippen molar-refractivity contribution in [2.75, 3.05) is 45.8 Å². The van der Waals surface area contributed by atoms with E-state index in [1.54, 1.807) is 0 Å². The number of nitrogens with two attached hydrogens (primary N) is 2. The van der Waals surface area contributed by atoms with Crippen LogP contribution in [0.5, 0.6) is 0 Å². The molecule has 0 aliphatic carbocycles. The van der Waals surface area contributed by atoms with Crippen molar-refractivity contribution in [3.8, 4) is 0 Å². The predicted molar refractivity (Wildman–Crippen MR) is 55.6 cm³/mol. The van der Waals surface area contributed by atoms with Crippen LogP contribution < -0.4 is 11.5 Å². The summed E-state index contributed by atoms with van der Waals surface area (Å²) in [6.45, 7) is 9.26. The Labute approximate surface area is 80.9 Å². The lowest BCUT2D eigenvalue weighted by atomic mass is 10.2. The highest BCUT2D eigenvalue weighted by molar-refractivity contribution is 4.79. The first-order valence-corrected chi connectivity index (χ1v) is 5.14. The molecule has 0 aromatic carbocycles. The van der Waals surface area contributed by atoms with Crippen molar-refractivity contribution in [1.29, 1.82) is 0 Å². The zero-order chi connectivity index (χ0) is 9.68. The number of hydrogen-bond donors (Lipinski definition) is 2. The maximum atomic E-state index is 5.54. The Morgan fingerprint density at radius 3 is 2.38 bits per heavy atom. The summed E-state index contributed by atoms with van der Waals surface area (Å²) in [7, 11) is 0. The van der Waals surface area contributed by atoms with E-state index >= 15 is 0 Å². The standard InChI is InChI=1S/C9H22N4/c1-9-8-12(4-2-10)6-7-13(9)5-3-11/h9H,2-8,10-11H2,1H3. The summed E-state index contributed by atoms with van der Waals surface area (Å²) in [5.41, 5.74) is 11.1. The Balaban J connectivity index is 2.28. The minimum absolute atomic E-state index is 0.629. The van der Waals surface area contributed by atoms with Crippen molar-refractivity contribution in [3.05, 3.63) is 0 Å². The van der Waals surface area contributed by atoms with E-state index in [9.17, 15) is 0 Å². The van der Waals surface area contributed by atoms with Crippen molar-refractivity contribution < 1.29 is 0 Å². The molecule has 1 rings (SSSR count). The Kier molecular flexibility index (Phi) is 4.66. The van der Waals surface area contributed by atoms with Gasteiger partial charge < -0.3 is 11.5 Å². The van der Waals surface area contributed by atoms with Crippen LogP contribution in [0.4, 0.5) is 0 Å². The van der Waals surface area contributed by atoms with E-state index in [0.717, 1.165) is 45.8 Å². The van der Waals surface area contributed by atoms with Gasteiger partial charge in [0, 0.05) is 51.9 Å². The van der Waals surface area contributed by atoms with Gasteiger partial charge >= 0.3 is 0 Å². The molecule has 1 heterocycles. The number of rotatable bonds is 4. The lowest BCUT2D eigenvalue weighted by Gasteiger charge is -2.39. The molecule has 1 aliphatic heterocycles. The Morgan fingerprint density at radius 1 is 1.15 bits per heavy atom. The summed E-state index contributed by atoms with van der Waals surface area (Å²) < 4.78 is 0. The minimum Gasteiger partial charge on any atom is -0.329 e. The van der Waals surface area contributed by atoms with Crippen LogP contribution in [0.2, 0.25) is 0 Å². The molecule has 0 radical (unpaired) electrons. The average molecular weight is 186 g/mol. The zero-order valence-corrected chi connectivity index (χ0v) is 8.58. The van der Waals surface area contributed by atoms with Crippen LogP contribution in [0, 0.1) is 0 Å². The summed E-state index contributed by atoms with van der Waals surface area (Å²) in [4.78, 5) is 4.88. The third-order valence-corrected chi connectivity index (χ3v) is 2.71. The number of piperazine rings is 1. The highest BCUT2D eigenvalue weighted by atomic mass is 15.3. The van der Waals surface area contributed by atoms with Gasteiger partial charge in [0.25, 0.3) is 0 Å². The Bertz CT molecular complexity index is 140. The largest absolute Gasteiger partial charge is 0.329 e. The van der Waals surface area contributed by atoms with E-state index in [-0.39, 0.29) is 0 Å². The molecule has 78 valence electrons. The van der Waals surface area contributed by atoms with Gasteiger partial charge in [0.05, 0.1) is 0 Å². The fourth-order valence-corrected chi connectivity index (χ4v) is 1.95. The molecule has 1 saturated heterocycles. The summed E-state index contributed by atoms with van der Waals surface area (Å²) in [6, 6.07) is 0.629. The van der Waals surface area contributed by atoms with Crippen molar-refractivity contribution in [2.45, 2.75) is 13.0 Å². The van der Waals surface area contributed by atoms with Crippen LogP contribution in [0.1, 0.15) is 6.92 Å². The SMILES string of the molecule is CC1CN(CCN)CCN1CCN. The van der Waals surface area contributed by atoms with Gasteiger partial charge in [0.1, 0.15) is 0 Å². The highest BCUT2D eigenvalue weighted by Gasteiger charge is 2.21. The first kappa shape index (κ1) is 10.9. The van der Waals surface area contributed by atoms with Gasteiger partial charge in [0.2, 0.25) is 0 Å². The molecule has 0 amide bonds. The molecule has 4 N–H and O–H groups in total. The van der Waals surface area contributed by atoms with Crippen molar-refractivity contribution in [2.24, 2.45) is 11.5 Å². The van der Waals surface area contributed by atoms with Gasteiger partial charge in [-0.3, -0.25) is 9.80 Å². The molecule has 1 fully saturated rings. The van der Waals surface area contributed by atoms with Gasteiger partial charge in [-0.2, -0.15) is 0 Å². The maximum Gasteiger partial charge on any atom is 0.0195 e. The zero-order valence-electron chi connectivity index (χ0n) is 8.58. The third kappa shape index (κ3) is 3.23. The molecule has 1 atom stereocenters. The van der Waals surface area contributed by atoms with Gasteiger partial charge in [-0.25, -0.2) is 0 Å². The summed E-state index contributed by atoms with van der Waals surface area (Å²) >= 11 is 0. The monoisotopic (exact) mass is 186 g/mol.